The fourth-order valence-electron chi connectivity index (χ4n) is 0.950. The Labute approximate surface area is 80.9 Å². The molecule has 0 aliphatic heterocycles. The first-order chi connectivity index (χ1) is 6.63. The molecule has 14 heavy (non-hydrogen) atoms. The predicted molar refractivity (Wildman–Crippen MR) is 52.2 cm³/mol. The summed E-state index contributed by atoms with van der Waals surface area (Å²) in [5.41, 5.74) is 7.00. The highest BCUT2D eigenvalue weighted by Gasteiger charge is 1.97. The van der Waals surface area contributed by atoms with Crippen molar-refractivity contribution in [2.75, 3.05) is 5.73 Å². The maximum absolute atomic E-state index is 10.2. The highest BCUT2D eigenvalue weighted by Crippen LogP contribution is 2.15. The predicted octanol–water partition coefficient (Wildman–Crippen LogP) is 1.24. The average molecular weight is 188 g/mol. The van der Waals surface area contributed by atoms with E-state index >= 15 is 0 Å². The lowest BCUT2D eigenvalue weighted by molar-refractivity contribution is -0.131. The summed E-state index contributed by atoms with van der Waals surface area (Å²) in [6, 6.07) is 6.63. The first-order valence-corrected chi connectivity index (χ1v) is 3.84. The van der Waals surface area contributed by atoms with Crippen molar-refractivity contribution < 1.29 is 9.90 Å². The first kappa shape index (κ1) is 9.81. The van der Waals surface area contributed by atoms with Crippen LogP contribution in [0.2, 0.25) is 0 Å². The van der Waals surface area contributed by atoms with Crippen molar-refractivity contribution in [2.45, 2.75) is 0 Å². The Kier molecular flexibility index (Phi) is 2.87. The quantitative estimate of drug-likeness (QED) is 0.540. The lowest BCUT2D eigenvalue weighted by Gasteiger charge is -1.99. The van der Waals surface area contributed by atoms with Crippen LogP contribution in [-0.4, -0.2) is 11.1 Å². The topological polar surface area (TPSA) is 87.1 Å². The van der Waals surface area contributed by atoms with Crippen LogP contribution in [0.15, 0.2) is 24.3 Å². The molecule has 1 rings (SSSR count). The second-order valence-corrected chi connectivity index (χ2v) is 2.63. The molecule has 0 heterocycles. The number of rotatable bonds is 2. The van der Waals surface area contributed by atoms with Crippen LogP contribution in [0.5, 0.6) is 0 Å². The highest BCUT2D eigenvalue weighted by atomic mass is 16.4. The molecule has 1 aromatic rings. The fourth-order valence-corrected chi connectivity index (χ4v) is 0.950. The summed E-state index contributed by atoms with van der Waals surface area (Å²) in [5, 5.41) is 17.0. The molecular weight excluding hydrogens is 180 g/mol. The summed E-state index contributed by atoms with van der Waals surface area (Å²) in [7, 11) is 0. The maximum atomic E-state index is 10.2. The minimum Gasteiger partial charge on any atom is -0.478 e. The van der Waals surface area contributed by atoms with Gasteiger partial charge in [-0.3, -0.25) is 0 Å². The van der Waals surface area contributed by atoms with E-state index in [1.54, 1.807) is 12.1 Å². The van der Waals surface area contributed by atoms with Crippen LogP contribution in [0.3, 0.4) is 0 Å². The van der Waals surface area contributed by atoms with Crippen molar-refractivity contribution in [1.82, 2.24) is 0 Å². The van der Waals surface area contributed by atoms with Gasteiger partial charge in [-0.2, -0.15) is 5.26 Å². The highest BCUT2D eigenvalue weighted by molar-refractivity contribution is 5.86. The molecule has 0 fully saturated rings. The molecule has 0 bridgehead atoms. The molecule has 1 aromatic carbocycles. The standard InChI is InChI=1S/C10H8N2O2/c11-6-7-1-3-9(12)8(5-7)2-4-10(13)14/h1-5H,12H2,(H,13,14). The summed E-state index contributed by atoms with van der Waals surface area (Å²) in [5.74, 6) is -1.05. The van der Waals surface area contributed by atoms with Crippen LogP contribution in [0.1, 0.15) is 11.1 Å². The van der Waals surface area contributed by atoms with Crippen LogP contribution < -0.4 is 5.73 Å². The lowest BCUT2D eigenvalue weighted by Crippen LogP contribution is -1.91. The summed E-state index contributed by atoms with van der Waals surface area (Å²) in [6.07, 6.45) is 2.34. The zero-order valence-corrected chi connectivity index (χ0v) is 7.27. The van der Waals surface area contributed by atoms with E-state index in [0.29, 0.717) is 16.8 Å². The van der Waals surface area contributed by atoms with E-state index in [1.165, 1.54) is 12.1 Å². The second-order valence-electron chi connectivity index (χ2n) is 2.63. The number of nitriles is 1. The van der Waals surface area contributed by atoms with Gasteiger partial charge in [0.15, 0.2) is 0 Å². The fraction of sp³-hybridized carbons (Fsp3) is 0. The molecule has 0 aliphatic rings. The van der Waals surface area contributed by atoms with Gasteiger partial charge in [0.25, 0.3) is 0 Å². The normalized spacial score (nSPS) is 9.93. The summed E-state index contributed by atoms with van der Waals surface area (Å²) < 4.78 is 0. The monoisotopic (exact) mass is 188 g/mol. The minimum absolute atomic E-state index is 0.446. The third kappa shape index (κ3) is 2.35. The number of aliphatic carboxylic acids is 1. The Morgan fingerprint density at radius 1 is 1.57 bits per heavy atom. The Bertz CT molecular complexity index is 430. The number of anilines is 1. The van der Waals surface area contributed by atoms with Crippen molar-refractivity contribution in [1.29, 1.82) is 5.26 Å². The van der Waals surface area contributed by atoms with E-state index in [4.69, 9.17) is 16.1 Å². The van der Waals surface area contributed by atoms with Gasteiger partial charge in [-0.25, -0.2) is 4.79 Å². The van der Waals surface area contributed by atoms with Crippen LogP contribution >= 0.6 is 0 Å². The molecule has 0 spiro atoms. The third-order valence-electron chi connectivity index (χ3n) is 1.62. The number of benzene rings is 1. The Balaban J connectivity index is 3.08. The number of carbonyl (C=O) groups is 1. The SMILES string of the molecule is N#Cc1ccc(N)c(C=CC(=O)O)c1. The van der Waals surface area contributed by atoms with Crippen molar-refractivity contribution in [2.24, 2.45) is 0 Å². The maximum Gasteiger partial charge on any atom is 0.328 e. The number of nitrogens with two attached hydrogens (primary N) is 1. The molecule has 0 saturated heterocycles. The van der Waals surface area contributed by atoms with Crippen LogP contribution in [0.4, 0.5) is 5.69 Å². The van der Waals surface area contributed by atoms with E-state index in [2.05, 4.69) is 0 Å². The van der Waals surface area contributed by atoms with Crippen LogP contribution in [0.25, 0.3) is 6.08 Å². The van der Waals surface area contributed by atoms with Gasteiger partial charge in [0.05, 0.1) is 11.6 Å². The van der Waals surface area contributed by atoms with Crippen molar-refractivity contribution >= 4 is 17.7 Å². The van der Waals surface area contributed by atoms with Gasteiger partial charge in [-0.15, -0.1) is 0 Å². The van der Waals surface area contributed by atoms with Crippen molar-refractivity contribution in [3.63, 3.8) is 0 Å². The number of hydrogen-bond acceptors (Lipinski definition) is 3. The molecule has 0 amide bonds. The van der Waals surface area contributed by atoms with Gasteiger partial charge in [-0.05, 0) is 29.8 Å². The Morgan fingerprint density at radius 3 is 2.86 bits per heavy atom. The zero-order chi connectivity index (χ0) is 10.6. The van der Waals surface area contributed by atoms with Crippen LogP contribution in [0, 0.1) is 11.3 Å². The largest absolute Gasteiger partial charge is 0.478 e. The molecule has 4 nitrogen and oxygen atoms in total. The van der Waals surface area contributed by atoms with E-state index in [0.717, 1.165) is 6.08 Å². The van der Waals surface area contributed by atoms with Gasteiger partial charge in [0.2, 0.25) is 0 Å². The molecule has 0 saturated carbocycles. The van der Waals surface area contributed by atoms with Gasteiger partial charge in [0.1, 0.15) is 0 Å². The smallest absolute Gasteiger partial charge is 0.328 e. The number of carboxylic acids is 1. The summed E-state index contributed by atoms with van der Waals surface area (Å²) in [6.45, 7) is 0. The number of nitrogen functional groups attached to an aromatic ring is 1. The van der Waals surface area contributed by atoms with E-state index in [-0.39, 0.29) is 0 Å². The van der Waals surface area contributed by atoms with E-state index < -0.39 is 5.97 Å². The molecular formula is C10H8N2O2. The third-order valence-corrected chi connectivity index (χ3v) is 1.62. The van der Waals surface area contributed by atoms with Gasteiger partial charge in [-0.1, -0.05) is 0 Å². The van der Waals surface area contributed by atoms with Crippen molar-refractivity contribution in [3.05, 3.63) is 35.4 Å². The lowest BCUT2D eigenvalue weighted by atomic mass is 10.1. The molecule has 4 heteroatoms. The summed E-state index contributed by atoms with van der Waals surface area (Å²) >= 11 is 0. The van der Waals surface area contributed by atoms with Gasteiger partial charge < -0.3 is 10.8 Å². The van der Waals surface area contributed by atoms with Gasteiger partial charge in [0, 0.05) is 11.8 Å². The molecule has 0 aromatic heterocycles. The Hall–Kier alpha value is -2.28. The number of carboxylic acid groups (broad SMARTS) is 1. The molecule has 3 N–H and O–H groups in total. The van der Waals surface area contributed by atoms with Crippen LogP contribution in [-0.2, 0) is 4.79 Å². The average Bonchev–Trinajstić information content (AvgIpc) is 2.16. The second kappa shape index (κ2) is 4.10. The molecule has 0 aliphatic carbocycles. The first-order valence-electron chi connectivity index (χ1n) is 3.84. The zero-order valence-electron chi connectivity index (χ0n) is 7.27. The summed E-state index contributed by atoms with van der Waals surface area (Å²) in [4.78, 5) is 10.2. The molecule has 0 radical (unpaired) electrons. The molecule has 0 atom stereocenters. The Morgan fingerprint density at radius 2 is 2.29 bits per heavy atom. The number of nitrogens with zero attached hydrogens (tertiary/aromatic N) is 1. The molecule has 0 unspecified atom stereocenters. The molecule has 70 valence electrons. The van der Waals surface area contributed by atoms with Gasteiger partial charge >= 0.3 is 5.97 Å². The van der Waals surface area contributed by atoms with E-state index in [1.807, 2.05) is 6.07 Å². The van der Waals surface area contributed by atoms with Crippen molar-refractivity contribution in [3.8, 4) is 6.07 Å². The van der Waals surface area contributed by atoms with E-state index in [9.17, 15) is 4.79 Å². The minimum atomic E-state index is -1.05. The number of hydrogen-bond donors (Lipinski definition) is 2.